The Morgan fingerprint density at radius 3 is 2.69 bits per heavy atom. The first-order chi connectivity index (χ1) is 7.69. The Bertz CT molecular complexity index is 380. The van der Waals surface area contributed by atoms with Crippen LogP contribution in [0, 0.1) is 0 Å². The zero-order valence-corrected chi connectivity index (χ0v) is 9.69. The number of nitrogens with zero attached hydrogens (tertiary/aromatic N) is 2. The zero-order valence-electron chi connectivity index (χ0n) is 9.69. The molecule has 0 bridgehead atoms. The predicted molar refractivity (Wildman–Crippen MR) is 61.3 cm³/mol. The fourth-order valence-corrected chi connectivity index (χ4v) is 1.38. The highest BCUT2D eigenvalue weighted by molar-refractivity contribution is 5.92. The van der Waals surface area contributed by atoms with E-state index in [4.69, 9.17) is 0 Å². The van der Waals surface area contributed by atoms with E-state index in [0.717, 1.165) is 19.4 Å². The van der Waals surface area contributed by atoms with Gasteiger partial charge in [-0.3, -0.25) is 9.59 Å². The molecule has 1 aromatic heterocycles. The number of hydrogen-bond acceptors (Lipinski definition) is 3. The minimum Gasteiger partial charge on any atom is -0.338 e. The third-order valence-electron chi connectivity index (χ3n) is 2.35. The van der Waals surface area contributed by atoms with Crippen LogP contribution in [0.2, 0.25) is 0 Å². The van der Waals surface area contributed by atoms with Crippen molar-refractivity contribution in [3.05, 3.63) is 28.2 Å². The van der Waals surface area contributed by atoms with E-state index in [1.165, 1.54) is 12.1 Å². The Hall–Kier alpha value is -1.65. The molecule has 0 aliphatic carbocycles. The van der Waals surface area contributed by atoms with Crippen LogP contribution in [0.5, 0.6) is 0 Å². The average molecular weight is 223 g/mol. The Labute approximate surface area is 94.5 Å². The summed E-state index contributed by atoms with van der Waals surface area (Å²) in [4.78, 5) is 24.5. The van der Waals surface area contributed by atoms with Crippen LogP contribution in [0.3, 0.4) is 0 Å². The molecule has 1 N–H and O–H groups in total. The van der Waals surface area contributed by atoms with Gasteiger partial charge in [-0.1, -0.05) is 13.3 Å². The van der Waals surface area contributed by atoms with Gasteiger partial charge in [-0.25, -0.2) is 5.10 Å². The number of aromatic nitrogens is 2. The summed E-state index contributed by atoms with van der Waals surface area (Å²) >= 11 is 0. The molecule has 5 nitrogen and oxygen atoms in total. The van der Waals surface area contributed by atoms with E-state index in [1.54, 1.807) is 4.90 Å². The van der Waals surface area contributed by atoms with E-state index in [2.05, 4.69) is 17.1 Å². The molecule has 0 atom stereocenters. The number of nitrogens with one attached hydrogen (secondary N) is 1. The van der Waals surface area contributed by atoms with Crippen LogP contribution in [0.25, 0.3) is 0 Å². The monoisotopic (exact) mass is 223 g/mol. The molecule has 1 amide bonds. The number of H-pyrrole nitrogens is 1. The van der Waals surface area contributed by atoms with Crippen LogP contribution in [-0.4, -0.2) is 34.1 Å². The fraction of sp³-hybridized carbons (Fsp3) is 0.545. The number of aromatic amines is 1. The van der Waals surface area contributed by atoms with Crippen LogP contribution in [0.1, 0.15) is 37.2 Å². The largest absolute Gasteiger partial charge is 0.338 e. The minimum absolute atomic E-state index is 0.132. The van der Waals surface area contributed by atoms with E-state index in [9.17, 15) is 9.59 Å². The van der Waals surface area contributed by atoms with E-state index >= 15 is 0 Å². The first-order valence-electron chi connectivity index (χ1n) is 5.54. The number of unbranched alkanes of at least 4 members (excludes halogenated alkanes) is 1. The summed E-state index contributed by atoms with van der Waals surface area (Å²) in [6, 6.07) is 2.77. The molecule has 0 radical (unpaired) electrons. The van der Waals surface area contributed by atoms with Crippen LogP contribution in [0.4, 0.5) is 0 Å². The van der Waals surface area contributed by atoms with E-state index in [-0.39, 0.29) is 17.2 Å². The van der Waals surface area contributed by atoms with Gasteiger partial charge < -0.3 is 4.90 Å². The third kappa shape index (κ3) is 3.18. The van der Waals surface area contributed by atoms with Crippen LogP contribution >= 0.6 is 0 Å². The summed E-state index contributed by atoms with van der Waals surface area (Å²) in [7, 11) is 0. The van der Waals surface area contributed by atoms with Gasteiger partial charge >= 0.3 is 0 Å². The maximum Gasteiger partial charge on any atom is 0.274 e. The van der Waals surface area contributed by atoms with Gasteiger partial charge in [0.15, 0.2) is 0 Å². The molecule has 88 valence electrons. The van der Waals surface area contributed by atoms with Gasteiger partial charge in [-0.15, -0.1) is 0 Å². The highest BCUT2D eigenvalue weighted by Gasteiger charge is 2.14. The van der Waals surface area contributed by atoms with Crippen molar-refractivity contribution in [3.63, 3.8) is 0 Å². The maximum absolute atomic E-state index is 11.9. The summed E-state index contributed by atoms with van der Waals surface area (Å²) in [5.41, 5.74) is -0.00860. The molecule has 5 heteroatoms. The standard InChI is InChI=1S/C11H17N3O2/c1-3-5-8-14(4-2)11(16)9-6-7-10(15)13-12-9/h6-7H,3-5,8H2,1-2H3,(H,13,15). The molecule has 0 aliphatic rings. The summed E-state index contributed by atoms with van der Waals surface area (Å²) < 4.78 is 0. The normalized spacial score (nSPS) is 10.1. The van der Waals surface area contributed by atoms with Gasteiger partial charge in [0, 0.05) is 19.2 Å². The fourth-order valence-electron chi connectivity index (χ4n) is 1.38. The van der Waals surface area contributed by atoms with Gasteiger partial charge in [0.2, 0.25) is 0 Å². The smallest absolute Gasteiger partial charge is 0.274 e. The molecule has 0 aliphatic heterocycles. The SMILES string of the molecule is CCCCN(CC)C(=O)c1ccc(=O)[nH]n1. The Kier molecular flexibility index (Phi) is 4.69. The van der Waals surface area contributed by atoms with Crippen molar-refractivity contribution in [1.29, 1.82) is 0 Å². The Morgan fingerprint density at radius 1 is 1.44 bits per heavy atom. The van der Waals surface area contributed by atoms with Crippen molar-refractivity contribution in [2.45, 2.75) is 26.7 Å². The van der Waals surface area contributed by atoms with E-state index in [0.29, 0.717) is 6.54 Å². The summed E-state index contributed by atoms with van der Waals surface area (Å²) in [5, 5.41) is 5.99. The lowest BCUT2D eigenvalue weighted by atomic mass is 10.3. The molecule has 1 aromatic rings. The lowest BCUT2D eigenvalue weighted by molar-refractivity contribution is 0.0755. The minimum atomic E-state index is -0.298. The second kappa shape index (κ2) is 6.05. The summed E-state index contributed by atoms with van der Waals surface area (Å²) in [6.45, 7) is 5.39. The molecule has 16 heavy (non-hydrogen) atoms. The second-order valence-electron chi connectivity index (χ2n) is 3.54. The molecular weight excluding hydrogens is 206 g/mol. The van der Waals surface area contributed by atoms with Gasteiger partial charge in [0.05, 0.1) is 0 Å². The Morgan fingerprint density at radius 2 is 2.19 bits per heavy atom. The average Bonchev–Trinajstić information content (AvgIpc) is 2.30. The van der Waals surface area contributed by atoms with Crippen molar-refractivity contribution >= 4 is 5.91 Å². The molecular formula is C11H17N3O2. The lowest BCUT2D eigenvalue weighted by Crippen LogP contribution is -2.33. The molecule has 0 saturated carbocycles. The molecule has 1 heterocycles. The first-order valence-corrected chi connectivity index (χ1v) is 5.54. The summed E-state index contributed by atoms with van der Waals surface area (Å²) in [5.74, 6) is -0.132. The number of rotatable bonds is 5. The highest BCUT2D eigenvalue weighted by Crippen LogP contribution is 2.01. The molecule has 0 saturated heterocycles. The van der Waals surface area contributed by atoms with Crippen LogP contribution < -0.4 is 5.56 Å². The number of hydrogen-bond donors (Lipinski definition) is 1. The predicted octanol–water partition coefficient (Wildman–Crippen LogP) is 1.03. The van der Waals surface area contributed by atoms with E-state index < -0.39 is 0 Å². The number of carbonyl (C=O) groups excluding carboxylic acids is 1. The van der Waals surface area contributed by atoms with Crippen molar-refractivity contribution < 1.29 is 4.79 Å². The zero-order chi connectivity index (χ0) is 12.0. The quantitative estimate of drug-likeness (QED) is 0.810. The second-order valence-corrected chi connectivity index (χ2v) is 3.54. The van der Waals surface area contributed by atoms with Gasteiger partial charge in [0.25, 0.3) is 11.5 Å². The van der Waals surface area contributed by atoms with Gasteiger partial charge in [-0.2, -0.15) is 5.10 Å². The Balaban J connectivity index is 2.74. The van der Waals surface area contributed by atoms with Crippen LogP contribution in [0.15, 0.2) is 16.9 Å². The maximum atomic E-state index is 11.9. The summed E-state index contributed by atoms with van der Waals surface area (Å²) in [6.07, 6.45) is 2.02. The third-order valence-corrected chi connectivity index (χ3v) is 2.35. The molecule has 0 fully saturated rings. The molecule has 0 spiro atoms. The van der Waals surface area contributed by atoms with Crippen molar-refractivity contribution in [3.8, 4) is 0 Å². The number of carbonyl (C=O) groups is 1. The van der Waals surface area contributed by atoms with Crippen LogP contribution in [-0.2, 0) is 0 Å². The van der Waals surface area contributed by atoms with Gasteiger partial charge in [0.1, 0.15) is 5.69 Å². The lowest BCUT2D eigenvalue weighted by Gasteiger charge is -2.19. The topological polar surface area (TPSA) is 66.1 Å². The van der Waals surface area contributed by atoms with Crippen molar-refractivity contribution in [1.82, 2.24) is 15.1 Å². The number of amides is 1. The first kappa shape index (κ1) is 12.4. The van der Waals surface area contributed by atoms with Crippen molar-refractivity contribution in [2.75, 3.05) is 13.1 Å². The molecule has 1 rings (SSSR count). The van der Waals surface area contributed by atoms with Crippen molar-refractivity contribution in [2.24, 2.45) is 0 Å². The molecule has 0 unspecified atom stereocenters. The molecule has 0 aromatic carbocycles. The van der Waals surface area contributed by atoms with E-state index in [1.807, 2.05) is 6.92 Å². The van der Waals surface area contributed by atoms with Gasteiger partial charge in [-0.05, 0) is 19.4 Å². The highest BCUT2D eigenvalue weighted by atomic mass is 16.2.